The van der Waals surface area contributed by atoms with Crippen LogP contribution in [-0.2, 0) is 4.43 Å². The van der Waals surface area contributed by atoms with Crippen LogP contribution in [0.1, 0.15) is 32.1 Å². The van der Waals surface area contributed by atoms with Gasteiger partial charge in [-0.1, -0.05) is 0 Å². The molecule has 18 heavy (non-hydrogen) atoms. The second-order valence-corrected chi connectivity index (χ2v) is 10.2. The first kappa shape index (κ1) is 13.7. The molecule has 4 fully saturated rings. The van der Waals surface area contributed by atoms with E-state index >= 15 is 0 Å². The van der Waals surface area contributed by atoms with Gasteiger partial charge in [0.15, 0.2) is 0 Å². The van der Waals surface area contributed by atoms with Crippen molar-refractivity contribution in [1.82, 2.24) is 0 Å². The summed E-state index contributed by atoms with van der Waals surface area (Å²) in [6.07, 6.45) is 6.75. The average molecular weight is 306 g/mol. The zero-order chi connectivity index (χ0) is 12.9. The van der Waals surface area contributed by atoms with E-state index in [-0.39, 0.29) is 10.3 Å². The summed E-state index contributed by atoms with van der Waals surface area (Å²) < 4.78 is 6.03. The van der Waals surface area contributed by atoms with Crippen molar-refractivity contribution in [3.05, 3.63) is 0 Å². The molecule has 4 saturated carbocycles. The fourth-order valence-corrected chi connectivity index (χ4v) is 6.30. The first-order chi connectivity index (χ1) is 8.51. The third-order valence-corrected chi connectivity index (χ3v) is 7.18. The van der Waals surface area contributed by atoms with E-state index < -0.39 is 9.04 Å². The van der Waals surface area contributed by atoms with Crippen LogP contribution >= 0.6 is 23.2 Å². The molecule has 3 atom stereocenters. The second kappa shape index (κ2) is 4.94. The van der Waals surface area contributed by atoms with Crippen LogP contribution in [0, 0.1) is 29.1 Å². The van der Waals surface area contributed by atoms with Crippen molar-refractivity contribution >= 4 is 32.2 Å². The van der Waals surface area contributed by atoms with E-state index in [1.54, 1.807) is 0 Å². The van der Waals surface area contributed by atoms with Crippen molar-refractivity contribution in [3.8, 4) is 0 Å². The molecule has 4 rings (SSSR count). The van der Waals surface area contributed by atoms with Gasteiger partial charge in [-0.05, 0) is 68.9 Å². The summed E-state index contributed by atoms with van der Waals surface area (Å²) in [5.41, 5.74) is 0.176. The molecule has 0 aromatic rings. The summed E-state index contributed by atoms with van der Waals surface area (Å²) in [6.45, 7) is 5.33. The third-order valence-electron chi connectivity index (χ3n) is 5.57. The van der Waals surface area contributed by atoms with E-state index in [0.717, 1.165) is 24.4 Å². The molecule has 0 heterocycles. The molecular formula is C14H23Cl2OSi. The summed E-state index contributed by atoms with van der Waals surface area (Å²) in [5.74, 6) is 3.24. The summed E-state index contributed by atoms with van der Waals surface area (Å²) >= 11 is 12.9. The third kappa shape index (κ3) is 2.17. The van der Waals surface area contributed by atoms with Gasteiger partial charge in [-0.25, -0.2) is 0 Å². The van der Waals surface area contributed by atoms with Crippen molar-refractivity contribution in [2.75, 3.05) is 6.61 Å². The van der Waals surface area contributed by atoms with Crippen LogP contribution in [0.2, 0.25) is 13.1 Å². The fraction of sp³-hybridized carbons (Fsp3) is 1.00. The van der Waals surface area contributed by atoms with E-state index in [1.165, 1.54) is 32.1 Å². The van der Waals surface area contributed by atoms with Gasteiger partial charge < -0.3 is 4.43 Å². The Hall–Kier alpha value is 0.757. The molecule has 4 heteroatoms. The van der Waals surface area contributed by atoms with Crippen molar-refractivity contribution in [1.29, 1.82) is 0 Å². The number of rotatable bonds is 4. The fourth-order valence-electron chi connectivity index (χ4n) is 5.11. The summed E-state index contributed by atoms with van der Waals surface area (Å²) in [7, 11) is -0.604. The van der Waals surface area contributed by atoms with Crippen molar-refractivity contribution in [2.24, 2.45) is 29.1 Å². The van der Waals surface area contributed by atoms with Gasteiger partial charge in [-0.2, -0.15) is 0 Å². The number of hydrogen-bond donors (Lipinski definition) is 0. The SMILES string of the molecule is C[Si](C)OCC1C2CC3CC(C2)CC1(C(Cl)Cl)C3. The molecular weight excluding hydrogens is 283 g/mol. The molecule has 4 bridgehead atoms. The lowest BCUT2D eigenvalue weighted by molar-refractivity contribution is -0.115. The molecule has 4 aliphatic rings. The second-order valence-electron chi connectivity index (χ2n) is 6.97. The highest BCUT2D eigenvalue weighted by Gasteiger charge is 2.59. The lowest BCUT2D eigenvalue weighted by Gasteiger charge is -2.62. The summed E-state index contributed by atoms with van der Waals surface area (Å²) in [5, 5.41) is 0. The van der Waals surface area contributed by atoms with Gasteiger partial charge in [0.05, 0.1) is 0 Å². The Morgan fingerprint density at radius 1 is 1.17 bits per heavy atom. The zero-order valence-electron chi connectivity index (χ0n) is 11.3. The van der Waals surface area contributed by atoms with Gasteiger partial charge in [0.2, 0.25) is 9.04 Å². The maximum absolute atomic E-state index is 6.43. The van der Waals surface area contributed by atoms with Crippen molar-refractivity contribution in [3.63, 3.8) is 0 Å². The highest BCUT2D eigenvalue weighted by molar-refractivity contribution is 6.48. The van der Waals surface area contributed by atoms with Gasteiger partial charge in [-0.3, -0.25) is 0 Å². The standard InChI is InChI=1S/C14H23Cl2OSi/c1-18(2)17-8-12-11-4-9-3-10(5-11)7-14(12,6-9)13(15)16/h9-13H,3-8H2,1-2H3. The Morgan fingerprint density at radius 2 is 1.78 bits per heavy atom. The minimum absolute atomic E-state index is 0.176. The molecule has 1 radical (unpaired) electrons. The van der Waals surface area contributed by atoms with E-state index in [1.807, 2.05) is 0 Å². The van der Waals surface area contributed by atoms with Gasteiger partial charge in [0.25, 0.3) is 0 Å². The van der Waals surface area contributed by atoms with E-state index in [9.17, 15) is 0 Å². The van der Waals surface area contributed by atoms with Crippen LogP contribution < -0.4 is 0 Å². The molecule has 0 aliphatic heterocycles. The molecule has 3 unspecified atom stereocenters. The Balaban J connectivity index is 1.82. The normalized spacial score (nSPS) is 46.3. The Labute approximate surface area is 122 Å². The lowest BCUT2D eigenvalue weighted by atomic mass is 9.45. The van der Waals surface area contributed by atoms with E-state index in [2.05, 4.69) is 13.1 Å². The first-order valence-electron chi connectivity index (χ1n) is 7.22. The predicted octanol–water partition coefficient (Wildman–Crippen LogP) is 4.50. The zero-order valence-corrected chi connectivity index (χ0v) is 13.8. The quantitative estimate of drug-likeness (QED) is 0.549. The Morgan fingerprint density at radius 3 is 2.28 bits per heavy atom. The van der Waals surface area contributed by atoms with Gasteiger partial charge in [0, 0.05) is 12.0 Å². The summed E-state index contributed by atoms with van der Waals surface area (Å²) in [6, 6.07) is 0. The van der Waals surface area contributed by atoms with Crippen molar-refractivity contribution < 1.29 is 4.43 Å². The maximum Gasteiger partial charge on any atom is 0.204 e. The molecule has 0 spiro atoms. The topological polar surface area (TPSA) is 9.23 Å². The first-order valence-corrected chi connectivity index (χ1v) is 10.5. The smallest absolute Gasteiger partial charge is 0.204 e. The molecule has 0 saturated heterocycles. The summed E-state index contributed by atoms with van der Waals surface area (Å²) in [4.78, 5) is -0.205. The molecule has 4 aliphatic carbocycles. The molecule has 0 amide bonds. The highest BCUT2D eigenvalue weighted by atomic mass is 35.5. The van der Waals surface area contributed by atoms with Gasteiger partial charge >= 0.3 is 0 Å². The monoisotopic (exact) mass is 305 g/mol. The maximum atomic E-state index is 6.43. The van der Waals surface area contributed by atoms with Gasteiger partial charge in [0.1, 0.15) is 4.84 Å². The molecule has 1 nitrogen and oxygen atoms in total. The lowest BCUT2D eigenvalue weighted by Crippen LogP contribution is -2.57. The van der Waals surface area contributed by atoms with Crippen LogP contribution in [0.15, 0.2) is 0 Å². The van der Waals surface area contributed by atoms with E-state index in [4.69, 9.17) is 27.6 Å². The molecule has 0 aromatic carbocycles. The average Bonchev–Trinajstić information content (AvgIpc) is 2.26. The largest absolute Gasteiger partial charge is 0.417 e. The van der Waals surface area contributed by atoms with Gasteiger partial charge in [-0.15, -0.1) is 23.2 Å². The van der Waals surface area contributed by atoms with Crippen LogP contribution in [0.25, 0.3) is 0 Å². The molecule has 103 valence electrons. The Bertz CT molecular complexity index is 307. The Kier molecular flexibility index (Phi) is 3.77. The number of halogens is 2. The number of hydrogen-bond acceptors (Lipinski definition) is 1. The van der Waals surface area contributed by atoms with E-state index in [0.29, 0.717) is 5.92 Å². The van der Waals surface area contributed by atoms with Crippen LogP contribution in [0.3, 0.4) is 0 Å². The van der Waals surface area contributed by atoms with Crippen LogP contribution in [0.4, 0.5) is 0 Å². The van der Waals surface area contributed by atoms with Crippen LogP contribution in [-0.4, -0.2) is 20.5 Å². The van der Waals surface area contributed by atoms with Crippen LogP contribution in [0.5, 0.6) is 0 Å². The minimum atomic E-state index is -0.604. The predicted molar refractivity (Wildman–Crippen MR) is 78.4 cm³/mol. The molecule has 0 aromatic heterocycles. The minimum Gasteiger partial charge on any atom is -0.417 e. The van der Waals surface area contributed by atoms with Crippen molar-refractivity contribution in [2.45, 2.75) is 50.0 Å². The number of alkyl halides is 2. The highest BCUT2D eigenvalue weighted by Crippen LogP contribution is 2.65. The molecule has 0 N–H and O–H groups in total.